The minimum Gasteiger partial charge on any atom is -0.299 e. The molecule has 0 saturated heterocycles. The van der Waals surface area contributed by atoms with Gasteiger partial charge in [0.1, 0.15) is 0 Å². The van der Waals surface area contributed by atoms with Gasteiger partial charge in [0.05, 0.1) is 0 Å². The molecular weight excluding hydrogens is 194 g/mol. The largest absolute Gasteiger partial charge is 0.299 e. The monoisotopic (exact) mass is 227 g/mol. The summed E-state index contributed by atoms with van der Waals surface area (Å²) < 4.78 is 0. The van der Waals surface area contributed by atoms with Crippen LogP contribution >= 0.6 is 0 Å². The fraction of sp³-hybridized carbons (Fsp3) is 1.00. The van der Waals surface area contributed by atoms with E-state index in [4.69, 9.17) is 0 Å². The number of hydrogen-bond donors (Lipinski definition) is 0. The van der Waals surface area contributed by atoms with Crippen LogP contribution in [-0.2, 0) is 0 Å². The molecule has 0 aliphatic carbocycles. The summed E-state index contributed by atoms with van der Waals surface area (Å²) in [6, 6.07) is 0.727. The molecule has 0 aromatic carbocycles. The molecular formula is C15H33N. The second-order valence-electron chi connectivity index (χ2n) is 6.72. The van der Waals surface area contributed by atoms with Crippen LogP contribution in [-0.4, -0.2) is 24.0 Å². The lowest BCUT2D eigenvalue weighted by Crippen LogP contribution is -2.46. The van der Waals surface area contributed by atoms with E-state index in [1.165, 1.54) is 13.1 Å². The van der Waals surface area contributed by atoms with Crippen molar-refractivity contribution in [1.82, 2.24) is 4.90 Å². The van der Waals surface area contributed by atoms with Crippen LogP contribution in [0, 0.1) is 23.7 Å². The van der Waals surface area contributed by atoms with Crippen LogP contribution in [0.25, 0.3) is 0 Å². The lowest BCUT2D eigenvalue weighted by atomic mass is 9.90. The first-order chi connectivity index (χ1) is 7.25. The van der Waals surface area contributed by atoms with Crippen molar-refractivity contribution in [3.63, 3.8) is 0 Å². The van der Waals surface area contributed by atoms with E-state index < -0.39 is 0 Å². The first kappa shape index (κ1) is 16.0. The molecule has 0 aliphatic rings. The fourth-order valence-corrected chi connectivity index (χ4v) is 2.87. The Balaban J connectivity index is 4.67. The van der Waals surface area contributed by atoms with E-state index in [9.17, 15) is 0 Å². The summed E-state index contributed by atoms with van der Waals surface area (Å²) in [4.78, 5) is 2.71. The van der Waals surface area contributed by atoms with Crippen LogP contribution in [0.3, 0.4) is 0 Å². The van der Waals surface area contributed by atoms with E-state index in [2.05, 4.69) is 60.3 Å². The highest BCUT2D eigenvalue weighted by Crippen LogP contribution is 2.21. The summed E-state index contributed by atoms with van der Waals surface area (Å²) in [5.41, 5.74) is 0. The Morgan fingerprint density at radius 2 is 0.938 bits per heavy atom. The third-order valence-corrected chi connectivity index (χ3v) is 2.99. The molecule has 0 heterocycles. The van der Waals surface area contributed by atoms with E-state index >= 15 is 0 Å². The minimum atomic E-state index is 0.727. The summed E-state index contributed by atoms with van der Waals surface area (Å²) >= 11 is 0. The van der Waals surface area contributed by atoms with Gasteiger partial charge in [0.15, 0.2) is 0 Å². The lowest BCUT2D eigenvalue weighted by Gasteiger charge is -2.39. The molecule has 1 heteroatoms. The molecule has 0 saturated carbocycles. The van der Waals surface area contributed by atoms with Gasteiger partial charge in [-0.25, -0.2) is 0 Å². The van der Waals surface area contributed by atoms with Gasteiger partial charge >= 0.3 is 0 Å². The van der Waals surface area contributed by atoms with Gasteiger partial charge in [-0.2, -0.15) is 0 Å². The Kier molecular flexibility index (Phi) is 7.30. The minimum absolute atomic E-state index is 0.727. The number of rotatable bonds is 7. The zero-order valence-electron chi connectivity index (χ0n) is 12.7. The van der Waals surface area contributed by atoms with Crippen molar-refractivity contribution in [2.75, 3.05) is 13.1 Å². The molecule has 98 valence electrons. The second kappa shape index (κ2) is 7.32. The second-order valence-corrected chi connectivity index (χ2v) is 6.72. The van der Waals surface area contributed by atoms with Crippen molar-refractivity contribution in [2.24, 2.45) is 23.7 Å². The van der Waals surface area contributed by atoms with Crippen LogP contribution in [0.5, 0.6) is 0 Å². The van der Waals surface area contributed by atoms with Crippen molar-refractivity contribution < 1.29 is 0 Å². The Hall–Kier alpha value is -0.0400. The Labute approximate surface area is 104 Å². The van der Waals surface area contributed by atoms with Crippen LogP contribution < -0.4 is 0 Å². The SMILES string of the molecule is CC(C)CN(CC(C)C)C(C(C)C)C(C)C. The van der Waals surface area contributed by atoms with E-state index in [1.807, 2.05) is 0 Å². The van der Waals surface area contributed by atoms with Crippen molar-refractivity contribution in [2.45, 2.75) is 61.4 Å². The van der Waals surface area contributed by atoms with Gasteiger partial charge in [-0.05, 0) is 23.7 Å². The summed E-state index contributed by atoms with van der Waals surface area (Å²) in [7, 11) is 0. The Morgan fingerprint density at radius 3 is 1.12 bits per heavy atom. The predicted molar refractivity (Wildman–Crippen MR) is 74.7 cm³/mol. The normalized spacial score (nSPS) is 13.1. The molecule has 0 amide bonds. The molecule has 0 fully saturated rings. The third kappa shape index (κ3) is 5.89. The summed E-state index contributed by atoms with van der Waals surface area (Å²) in [5.74, 6) is 3.02. The summed E-state index contributed by atoms with van der Waals surface area (Å²) in [6.45, 7) is 21.2. The molecule has 0 unspecified atom stereocenters. The molecule has 0 aliphatic heterocycles. The van der Waals surface area contributed by atoms with Crippen LogP contribution in [0.15, 0.2) is 0 Å². The van der Waals surface area contributed by atoms with E-state index in [0.717, 1.165) is 29.7 Å². The highest BCUT2D eigenvalue weighted by molar-refractivity contribution is 4.79. The molecule has 0 atom stereocenters. The van der Waals surface area contributed by atoms with E-state index in [1.54, 1.807) is 0 Å². The van der Waals surface area contributed by atoms with Gasteiger partial charge in [0.2, 0.25) is 0 Å². The van der Waals surface area contributed by atoms with Crippen LogP contribution in [0.2, 0.25) is 0 Å². The molecule has 1 nitrogen and oxygen atoms in total. The van der Waals surface area contributed by atoms with Crippen LogP contribution in [0.4, 0.5) is 0 Å². The van der Waals surface area contributed by atoms with Crippen LogP contribution in [0.1, 0.15) is 55.4 Å². The summed E-state index contributed by atoms with van der Waals surface area (Å²) in [6.07, 6.45) is 0. The average Bonchev–Trinajstić information content (AvgIpc) is 1.98. The highest BCUT2D eigenvalue weighted by atomic mass is 15.2. The smallest absolute Gasteiger partial charge is 0.0141 e. The maximum Gasteiger partial charge on any atom is 0.0141 e. The quantitative estimate of drug-likeness (QED) is 0.627. The van der Waals surface area contributed by atoms with Crippen molar-refractivity contribution in [1.29, 1.82) is 0 Å². The van der Waals surface area contributed by atoms with Crippen molar-refractivity contribution in [3.8, 4) is 0 Å². The first-order valence-electron chi connectivity index (χ1n) is 6.99. The molecule has 0 radical (unpaired) electrons. The highest BCUT2D eigenvalue weighted by Gasteiger charge is 2.25. The van der Waals surface area contributed by atoms with E-state index in [0.29, 0.717) is 0 Å². The number of nitrogens with zero attached hydrogens (tertiary/aromatic N) is 1. The van der Waals surface area contributed by atoms with Gasteiger partial charge < -0.3 is 0 Å². The Bertz CT molecular complexity index is 152. The van der Waals surface area contributed by atoms with Crippen molar-refractivity contribution >= 4 is 0 Å². The topological polar surface area (TPSA) is 3.24 Å². The van der Waals surface area contributed by atoms with Gasteiger partial charge in [0, 0.05) is 19.1 Å². The first-order valence-corrected chi connectivity index (χ1v) is 6.99. The molecule has 0 bridgehead atoms. The maximum atomic E-state index is 2.71. The maximum absolute atomic E-state index is 2.71. The molecule has 0 spiro atoms. The molecule has 0 aromatic heterocycles. The molecule has 16 heavy (non-hydrogen) atoms. The van der Waals surface area contributed by atoms with Gasteiger partial charge in [-0.3, -0.25) is 4.90 Å². The zero-order valence-corrected chi connectivity index (χ0v) is 12.7. The summed E-state index contributed by atoms with van der Waals surface area (Å²) in [5, 5.41) is 0. The lowest BCUT2D eigenvalue weighted by molar-refractivity contribution is 0.0890. The molecule has 0 aromatic rings. The zero-order chi connectivity index (χ0) is 12.9. The van der Waals surface area contributed by atoms with Crippen molar-refractivity contribution in [3.05, 3.63) is 0 Å². The fourth-order valence-electron chi connectivity index (χ4n) is 2.87. The average molecular weight is 227 g/mol. The van der Waals surface area contributed by atoms with Gasteiger partial charge in [-0.1, -0.05) is 55.4 Å². The van der Waals surface area contributed by atoms with E-state index in [-0.39, 0.29) is 0 Å². The third-order valence-electron chi connectivity index (χ3n) is 2.99. The van der Waals surface area contributed by atoms with Gasteiger partial charge in [0.25, 0.3) is 0 Å². The molecule has 0 N–H and O–H groups in total. The standard InChI is InChI=1S/C15H33N/c1-11(2)9-16(10-12(3)4)15(13(5)6)14(7)8/h11-15H,9-10H2,1-8H3. The Morgan fingerprint density at radius 1 is 0.625 bits per heavy atom. The molecule has 0 rings (SSSR count). The number of hydrogen-bond acceptors (Lipinski definition) is 1. The predicted octanol–water partition coefficient (Wildman–Crippen LogP) is 4.28. The van der Waals surface area contributed by atoms with Gasteiger partial charge in [-0.15, -0.1) is 0 Å².